The molecule has 4 aromatic rings. The number of benzene rings is 2. The Morgan fingerprint density at radius 1 is 0.958 bits per heavy atom. The van der Waals surface area contributed by atoms with Crippen molar-refractivity contribution < 1.29 is 4.74 Å². The number of fused-ring (bicyclic) bond motifs is 1. The Morgan fingerprint density at radius 3 is 2.67 bits per heavy atom. The lowest BCUT2D eigenvalue weighted by molar-refractivity contribution is 0.415. The number of anilines is 2. The highest BCUT2D eigenvalue weighted by molar-refractivity contribution is 5.78. The van der Waals surface area contributed by atoms with Crippen molar-refractivity contribution >= 4 is 17.3 Å². The van der Waals surface area contributed by atoms with Gasteiger partial charge in [0, 0.05) is 17.4 Å². The van der Waals surface area contributed by atoms with Crippen LogP contribution in [-0.4, -0.2) is 21.7 Å². The van der Waals surface area contributed by atoms with Crippen molar-refractivity contribution in [2.75, 3.05) is 12.4 Å². The molecule has 2 heterocycles. The quantitative estimate of drug-likeness (QED) is 0.614. The van der Waals surface area contributed by atoms with E-state index < -0.39 is 0 Å². The van der Waals surface area contributed by atoms with Crippen LogP contribution in [0.1, 0.15) is 0 Å². The lowest BCUT2D eigenvalue weighted by Crippen LogP contribution is -1.92. The van der Waals surface area contributed by atoms with Gasteiger partial charge in [-0.25, -0.2) is 4.52 Å². The van der Waals surface area contributed by atoms with Gasteiger partial charge in [0.25, 0.3) is 0 Å². The molecule has 0 amide bonds. The molecule has 0 unspecified atom stereocenters. The van der Waals surface area contributed by atoms with E-state index >= 15 is 0 Å². The van der Waals surface area contributed by atoms with E-state index in [0.29, 0.717) is 5.95 Å². The average Bonchev–Trinajstić information content (AvgIpc) is 3.05. The zero-order valence-corrected chi connectivity index (χ0v) is 13.2. The minimum absolute atomic E-state index is 0.566. The van der Waals surface area contributed by atoms with Crippen LogP contribution in [0.25, 0.3) is 16.8 Å². The molecule has 0 saturated carbocycles. The summed E-state index contributed by atoms with van der Waals surface area (Å²) in [5.74, 6) is 1.38. The lowest BCUT2D eigenvalue weighted by atomic mass is 10.1. The molecule has 0 saturated heterocycles. The monoisotopic (exact) mass is 316 g/mol. The van der Waals surface area contributed by atoms with E-state index in [4.69, 9.17) is 4.74 Å². The fraction of sp³-hybridized carbons (Fsp3) is 0.0526. The molecule has 0 aliphatic carbocycles. The van der Waals surface area contributed by atoms with Gasteiger partial charge in [0.2, 0.25) is 5.95 Å². The molecule has 0 radical (unpaired) electrons. The van der Waals surface area contributed by atoms with Gasteiger partial charge in [-0.15, -0.1) is 5.10 Å². The van der Waals surface area contributed by atoms with Gasteiger partial charge in [-0.3, -0.25) is 0 Å². The first-order valence-corrected chi connectivity index (χ1v) is 7.65. The van der Waals surface area contributed by atoms with E-state index in [9.17, 15) is 0 Å². The van der Waals surface area contributed by atoms with E-state index in [-0.39, 0.29) is 0 Å². The van der Waals surface area contributed by atoms with Crippen LogP contribution < -0.4 is 10.1 Å². The maximum absolute atomic E-state index is 5.32. The number of para-hydroxylation sites is 1. The van der Waals surface area contributed by atoms with Gasteiger partial charge in [-0.05, 0) is 42.0 Å². The highest BCUT2D eigenvalue weighted by Crippen LogP contribution is 2.27. The largest absolute Gasteiger partial charge is 0.497 e. The van der Waals surface area contributed by atoms with E-state index in [0.717, 1.165) is 28.2 Å². The lowest BCUT2D eigenvalue weighted by Gasteiger charge is -2.05. The Balaban J connectivity index is 1.77. The summed E-state index contributed by atoms with van der Waals surface area (Å²) < 4.78 is 7.10. The third kappa shape index (κ3) is 2.67. The van der Waals surface area contributed by atoms with Crippen LogP contribution in [0, 0.1) is 0 Å². The summed E-state index contributed by atoms with van der Waals surface area (Å²) in [6.45, 7) is 0. The summed E-state index contributed by atoms with van der Waals surface area (Å²) in [7, 11) is 1.67. The summed E-state index contributed by atoms with van der Waals surface area (Å²) in [5.41, 5.74) is 3.80. The Kier molecular flexibility index (Phi) is 3.59. The van der Waals surface area contributed by atoms with Gasteiger partial charge in [0.1, 0.15) is 5.75 Å². The summed E-state index contributed by atoms with van der Waals surface area (Å²) >= 11 is 0. The van der Waals surface area contributed by atoms with Crippen LogP contribution in [0.5, 0.6) is 5.75 Å². The molecule has 0 bridgehead atoms. The second-order valence-corrected chi connectivity index (χ2v) is 5.35. The molecular formula is C19H16N4O. The van der Waals surface area contributed by atoms with Crippen molar-refractivity contribution in [2.45, 2.75) is 0 Å². The van der Waals surface area contributed by atoms with Crippen LogP contribution in [0.3, 0.4) is 0 Å². The van der Waals surface area contributed by atoms with E-state index in [1.54, 1.807) is 11.6 Å². The van der Waals surface area contributed by atoms with Crippen LogP contribution >= 0.6 is 0 Å². The highest BCUT2D eigenvalue weighted by atomic mass is 16.5. The Labute approximate surface area is 139 Å². The number of hydrogen-bond donors (Lipinski definition) is 1. The van der Waals surface area contributed by atoms with E-state index in [1.807, 2.05) is 72.9 Å². The summed E-state index contributed by atoms with van der Waals surface area (Å²) in [6.07, 6.45) is 1.89. The van der Waals surface area contributed by atoms with Crippen LogP contribution in [0.2, 0.25) is 0 Å². The zero-order valence-electron chi connectivity index (χ0n) is 13.2. The molecule has 4 rings (SSSR count). The molecule has 0 spiro atoms. The number of nitrogens with zero attached hydrogens (tertiary/aromatic N) is 3. The SMILES string of the molecule is COc1cccc(-c2cccn3nc(Nc4ccccc4)nc23)c1. The summed E-state index contributed by atoms with van der Waals surface area (Å²) in [6, 6.07) is 21.8. The first-order chi connectivity index (χ1) is 11.8. The first kappa shape index (κ1) is 14.3. The molecule has 118 valence electrons. The van der Waals surface area contributed by atoms with E-state index in [2.05, 4.69) is 15.4 Å². The van der Waals surface area contributed by atoms with Crippen molar-refractivity contribution in [3.05, 3.63) is 72.9 Å². The van der Waals surface area contributed by atoms with Crippen molar-refractivity contribution in [1.29, 1.82) is 0 Å². The number of aromatic nitrogens is 3. The Bertz CT molecular complexity index is 979. The maximum Gasteiger partial charge on any atom is 0.247 e. The molecular weight excluding hydrogens is 300 g/mol. The standard InChI is InChI=1S/C19H16N4O/c1-24-16-10-5-7-14(13-16)17-11-6-12-23-18(17)21-19(22-23)20-15-8-3-2-4-9-15/h2-13H,1H3,(H,20,22). The van der Waals surface area contributed by atoms with Crippen LogP contribution in [0.4, 0.5) is 11.6 Å². The number of nitrogens with one attached hydrogen (secondary N) is 1. The molecule has 0 aliphatic heterocycles. The predicted molar refractivity (Wildman–Crippen MR) is 94.7 cm³/mol. The minimum atomic E-state index is 0.566. The molecule has 0 aliphatic rings. The van der Waals surface area contributed by atoms with Gasteiger partial charge >= 0.3 is 0 Å². The number of hydrogen-bond acceptors (Lipinski definition) is 4. The second-order valence-electron chi connectivity index (χ2n) is 5.35. The number of methoxy groups -OCH3 is 1. The van der Waals surface area contributed by atoms with Crippen molar-refractivity contribution in [3.63, 3.8) is 0 Å². The number of ether oxygens (including phenoxy) is 1. The van der Waals surface area contributed by atoms with Gasteiger partial charge in [0.15, 0.2) is 5.65 Å². The number of pyridine rings is 1. The molecule has 0 atom stereocenters. The Hall–Kier alpha value is -3.34. The normalized spacial score (nSPS) is 10.7. The number of rotatable bonds is 4. The van der Waals surface area contributed by atoms with Gasteiger partial charge in [-0.1, -0.05) is 30.3 Å². The van der Waals surface area contributed by atoms with E-state index in [1.165, 1.54) is 0 Å². The summed E-state index contributed by atoms with van der Waals surface area (Å²) in [4.78, 5) is 4.64. The molecule has 24 heavy (non-hydrogen) atoms. The second kappa shape index (κ2) is 6.04. The third-order valence-corrected chi connectivity index (χ3v) is 3.77. The first-order valence-electron chi connectivity index (χ1n) is 7.65. The van der Waals surface area contributed by atoms with Gasteiger partial charge in [0.05, 0.1) is 7.11 Å². The molecule has 2 aromatic heterocycles. The van der Waals surface area contributed by atoms with Crippen LogP contribution in [0.15, 0.2) is 72.9 Å². The van der Waals surface area contributed by atoms with Gasteiger partial charge in [-0.2, -0.15) is 4.98 Å². The molecule has 0 fully saturated rings. The van der Waals surface area contributed by atoms with Crippen LogP contribution in [-0.2, 0) is 0 Å². The average molecular weight is 316 g/mol. The zero-order chi connectivity index (χ0) is 16.4. The van der Waals surface area contributed by atoms with Gasteiger partial charge < -0.3 is 10.1 Å². The fourth-order valence-corrected chi connectivity index (χ4v) is 2.63. The molecule has 5 nitrogen and oxygen atoms in total. The predicted octanol–water partition coefficient (Wildman–Crippen LogP) is 4.15. The minimum Gasteiger partial charge on any atom is -0.497 e. The fourth-order valence-electron chi connectivity index (χ4n) is 2.63. The Morgan fingerprint density at radius 2 is 1.83 bits per heavy atom. The maximum atomic E-state index is 5.32. The summed E-state index contributed by atoms with van der Waals surface area (Å²) in [5, 5.41) is 7.73. The third-order valence-electron chi connectivity index (χ3n) is 3.77. The topological polar surface area (TPSA) is 51.5 Å². The van der Waals surface area contributed by atoms with Crippen molar-refractivity contribution in [2.24, 2.45) is 0 Å². The smallest absolute Gasteiger partial charge is 0.247 e. The van der Waals surface area contributed by atoms with Crippen molar-refractivity contribution in [1.82, 2.24) is 14.6 Å². The van der Waals surface area contributed by atoms with Crippen molar-refractivity contribution in [3.8, 4) is 16.9 Å². The molecule has 2 aromatic carbocycles. The molecule has 5 heteroatoms. The highest BCUT2D eigenvalue weighted by Gasteiger charge is 2.10. The molecule has 1 N–H and O–H groups in total.